The van der Waals surface area contributed by atoms with Crippen LogP contribution in [0.1, 0.15) is 30.2 Å². The van der Waals surface area contributed by atoms with Crippen molar-refractivity contribution < 1.29 is 14.6 Å². The van der Waals surface area contributed by atoms with Crippen molar-refractivity contribution in [3.63, 3.8) is 0 Å². The fourth-order valence-electron chi connectivity index (χ4n) is 3.22. The number of benzene rings is 1. The average molecular weight is 345 g/mol. The molecule has 0 saturated carbocycles. The second-order valence-corrected chi connectivity index (χ2v) is 7.44. The molecular formula is C19H23NO3S. The third-order valence-corrected chi connectivity index (χ3v) is 5.88. The molecule has 1 aromatic heterocycles. The molecule has 1 aromatic carbocycles. The Bertz CT molecular complexity index is 661. The van der Waals surface area contributed by atoms with Gasteiger partial charge in [-0.25, -0.2) is 0 Å². The van der Waals surface area contributed by atoms with Gasteiger partial charge >= 0.3 is 0 Å². The van der Waals surface area contributed by atoms with Gasteiger partial charge in [-0.15, -0.1) is 11.3 Å². The second-order valence-electron chi connectivity index (χ2n) is 6.49. The standard InChI is InChI=1S/C19H23NO3S/c1-18(22,16-8-5-13-24-16)14-20-17(21)19(9-11-23-12-10-19)15-6-3-2-4-7-15/h2-8,13,22H,9-12,14H2,1H3,(H,20,21)/t18-/m0/s1. The first-order chi connectivity index (χ1) is 11.5. The number of hydrogen-bond acceptors (Lipinski definition) is 4. The van der Waals surface area contributed by atoms with Crippen molar-refractivity contribution in [3.05, 3.63) is 58.3 Å². The van der Waals surface area contributed by atoms with Crippen LogP contribution in [0.15, 0.2) is 47.8 Å². The molecule has 24 heavy (non-hydrogen) atoms. The summed E-state index contributed by atoms with van der Waals surface area (Å²) in [5.41, 5.74) is -0.626. The van der Waals surface area contributed by atoms with Gasteiger partial charge in [0.1, 0.15) is 5.60 Å². The molecule has 0 aliphatic carbocycles. The summed E-state index contributed by atoms with van der Waals surface area (Å²) in [6.45, 7) is 3.08. The number of aliphatic hydroxyl groups is 1. The average Bonchev–Trinajstić information content (AvgIpc) is 3.17. The van der Waals surface area contributed by atoms with E-state index < -0.39 is 11.0 Å². The lowest BCUT2D eigenvalue weighted by atomic mass is 9.73. The Hall–Kier alpha value is -1.69. The molecule has 0 spiro atoms. The third kappa shape index (κ3) is 3.38. The van der Waals surface area contributed by atoms with Crippen molar-refractivity contribution in [1.82, 2.24) is 5.32 Å². The number of carbonyl (C=O) groups excluding carboxylic acids is 1. The molecule has 0 radical (unpaired) electrons. The Morgan fingerprint density at radius 1 is 1.25 bits per heavy atom. The number of thiophene rings is 1. The van der Waals surface area contributed by atoms with Crippen LogP contribution in [-0.2, 0) is 20.5 Å². The molecule has 2 aromatic rings. The molecule has 2 heterocycles. The predicted octanol–water partition coefficient (Wildman–Crippen LogP) is 2.82. The lowest BCUT2D eigenvalue weighted by Gasteiger charge is -2.37. The van der Waals surface area contributed by atoms with E-state index in [1.807, 2.05) is 47.8 Å². The quantitative estimate of drug-likeness (QED) is 0.876. The topological polar surface area (TPSA) is 58.6 Å². The normalized spacial score (nSPS) is 19.4. The first kappa shape index (κ1) is 17.1. The Labute approximate surface area is 146 Å². The minimum absolute atomic E-state index is 0.0335. The van der Waals surface area contributed by atoms with E-state index >= 15 is 0 Å². The smallest absolute Gasteiger partial charge is 0.230 e. The van der Waals surface area contributed by atoms with Crippen molar-refractivity contribution in [2.45, 2.75) is 30.8 Å². The maximum Gasteiger partial charge on any atom is 0.230 e. The van der Waals surface area contributed by atoms with Crippen molar-refractivity contribution in [2.75, 3.05) is 19.8 Å². The van der Waals surface area contributed by atoms with Crippen LogP contribution in [0.4, 0.5) is 0 Å². The van der Waals surface area contributed by atoms with Gasteiger partial charge in [-0.1, -0.05) is 36.4 Å². The zero-order chi connectivity index (χ0) is 17.0. The number of nitrogens with one attached hydrogen (secondary N) is 1. The highest BCUT2D eigenvalue weighted by atomic mass is 32.1. The molecule has 128 valence electrons. The lowest BCUT2D eigenvalue weighted by molar-refractivity contribution is -0.131. The van der Waals surface area contributed by atoms with Crippen molar-refractivity contribution in [3.8, 4) is 0 Å². The van der Waals surface area contributed by atoms with Crippen LogP contribution in [0.25, 0.3) is 0 Å². The molecule has 1 fully saturated rings. The summed E-state index contributed by atoms with van der Waals surface area (Å²) < 4.78 is 5.47. The van der Waals surface area contributed by atoms with E-state index in [0.29, 0.717) is 26.1 Å². The van der Waals surface area contributed by atoms with Gasteiger partial charge in [0, 0.05) is 18.1 Å². The summed E-state index contributed by atoms with van der Waals surface area (Å²) in [6, 6.07) is 13.7. The van der Waals surface area contributed by atoms with E-state index in [1.54, 1.807) is 6.92 Å². The molecule has 1 aliphatic rings. The zero-order valence-electron chi connectivity index (χ0n) is 13.8. The minimum atomic E-state index is -1.06. The van der Waals surface area contributed by atoms with Gasteiger partial charge < -0.3 is 15.2 Å². The molecule has 3 rings (SSSR count). The molecule has 1 saturated heterocycles. The van der Waals surface area contributed by atoms with Gasteiger partial charge in [0.15, 0.2) is 0 Å². The van der Waals surface area contributed by atoms with Gasteiger partial charge in [-0.2, -0.15) is 0 Å². The van der Waals surface area contributed by atoms with E-state index in [0.717, 1.165) is 10.4 Å². The Balaban J connectivity index is 1.78. The molecule has 0 unspecified atom stereocenters. The van der Waals surface area contributed by atoms with E-state index in [2.05, 4.69) is 5.32 Å². The highest BCUT2D eigenvalue weighted by Crippen LogP contribution is 2.35. The fourth-order valence-corrected chi connectivity index (χ4v) is 4.00. The summed E-state index contributed by atoms with van der Waals surface area (Å²) in [5.74, 6) is -0.0335. The van der Waals surface area contributed by atoms with Crippen LogP contribution in [-0.4, -0.2) is 30.8 Å². The first-order valence-corrected chi connectivity index (χ1v) is 9.10. The Kier molecular flexibility index (Phi) is 5.04. The van der Waals surface area contributed by atoms with Crippen LogP contribution >= 0.6 is 11.3 Å². The van der Waals surface area contributed by atoms with E-state index in [1.165, 1.54) is 11.3 Å². The van der Waals surface area contributed by atoms with Crippen LogP contribution < -0.4 is 5.32 Å². The maximum atomic E-state index is 13.1. The predicted molar refractivity (Wildman–Crippen MR) is 95.1 cm³/mol. The number of hydrogen-bond donors (Lipinski definition) is 2. The van der Waals surface area contributed by atoms with Crippen LogP contribution in [0, 0.1) is 0 Å². The van der Waals surface area contributed by atoms with E-state index in [4.69, 9.17) is 4.74 Å². The van der Waals surface area contributed by atoms with Crippen molar-refractivity contribution in [1.29, 1.82) is 0 Å². The highest BCUT2D eigenvalue weighted by molar-refractivity contribution is 7.10. The molecule has 4 nitrogen and oxygen atoms in total. The zero-order valence-corrected chi connectivity index (χ0v) is 14.6. The molecule has 1 atom stereocenters. The van der Waals surface area contributed by atoms with Gasteiger partial charge in [0.25, 0.3) is 0 Å². The summed E-state index contributed by atoms with van der Waals surface area (Å²) >= 11 is 1.49. The van der Waals surface area contributed by atoms with Gasteiger partial charge in [0.05, 0.1) is 12.0 Å². The van der Waals surface area contributed by atoms with Crippen LogP contribution in [0.5, 0.6) is 0 Å². The number of carbonyl (C=O) groups is 1. The number of amides is 1. The lowest BCUT2D eigenvalue weighted by Crippen LogP contribution is -2.50. The van der Waals surface area contributed by atoms with E-state index in [9.17, 15) is 9.90 Å². The van der Waals surface area contributed by atoms with Gasteiger partial charge in [-0.05, 0) is 36.8 Å². The summed E-state index contributed by atoms with van der Waals surface area (Å²) in [6.07, 6.45) is 1.31. The first-order valence-electron chi connectivity index (χ1n) is 8.23. The van der Waals surface area contributed by atoms with Crippen molar-refractivity contribution >= 4 is 17.2 Å². The Morgan fingerprint density at radius 2 is 1.96 bits per heavy atom. The summed E-state index contributed by atoms with van der Waals surface area (Å²) in [7, 11) is 0. The molecular weight excluding hydrogens is 322 g/mol. The summed E-state index contributed by atoms with van der Waals surface area (Å²) in [5, 5.41) is 15.6. The molecule has 2 N–H and O–H groups in total. The fraction of sp³-hybridized carbons (Fsp3) is 0.421. The largest absolute Gasteiger partial charge is 0.383 e. The third-order valence-electron chi connectivity index (χ3n) is 4.75. The minimum Gasteiger partial charge on any atom is -0.383 e. The van der Waals surface area contributed by atoms with Crippen LogP contribution in [0.3, 0.4) is 0 Å². The number of rotatable bonds is 5. The van der Waals surface area contributed by atoms with Gasteiger partial charge in [0.2, 0.25) is 5.91 Å². The van der Waals surface area contributed by atoms with Crippen LogP contribution in [0.2, 0.25) is 0 Å². The monoisotopic (exact) mass is 345 g/mol. The molecule has 5 heteroatoms. The van der Waals surface area contributed by atoms with E-state index in [-0.39, 0.29) is 12.5 Å². The number of ether oxygens (including phenoxy) is 1. The Morgan fingerprint density at radius 3 is 2.58 bits per heavy atom. The molecule has 1 amide bonds. The highest BCUT2D eigenvalue weighted by Gasteiger charge is 2.42. The maximum absolute atomic E-state index is 13.1. The molecule has 0 bridgehead atoms. The SMILES string of the molecule is C[C@](O)(CNC(=O)C1(c2ccccc2)CCOCC1)c1cccs1. The molecule has 1 aliphatic heterocycles. The van der Waals surface area contributed by atoms with Crippen molar-refractivity contribution in [2.24, 2.45) is 0 Å². The second kappa shape index (κ2) is 7.05. The van der Waals surface area contributed by atoms with Gasteiger partial charge in [-0.3, -0.25) is 4.79 Å². The summed E-state index contributed by atoms with van der Waals surface area (Å²) in [4.78, 5) is 13.9.